The molecule has 0 saturated heterocycles. The SMILES string of the molecule is COC(=O)c1ccc2c(c1)nc(-c1ccc(C(F)(F)F)cc1)c1cc(O)cn12. The van der Waals surface area contributed by atoms with Crippen molar-refractivity contribution in [1.29, 1.82) is 0 Å². The molecular weight excluding hydrogens is 373 g/mol. The molecule has 142 valence electrons. The second kappa shape index (κ2) is 6.26. The number of hydrogen-bond donors (Lipinski definition) is 1. The first kappa shape index (κ1) is 17.8. The summed E-state index contributed by atoms with van der Waals surface area (Å²) in [6.45, 7) is 0. The van der Waals surface area contributed by atoms with Gasteiger partial charge in [-0.15, -0.1) is 0 Å². The van der Waals surface area contributed by atoms with Gasteiger partial charge in [-0.2, -0.15) is 13.2 Å². The number of hydrogen-bond acceptors (Lipinski definition) is 4. The van der Waals surface area contributed by atoms with E-state index < -0.39 is 17.7 Å². The van der Waals surface area contributed by atoms with Gasteiger partial charge in [-0.1, -0.05) is 12.1 Å². The van der Waals surface area contributed by atoms with Crippen LogP contribution in [0.3, 0.4) is 0 Å². The molecule has 0 atom stereocenters. The number of benzene rings is 2. The van der Waals surface area contributed by atoms with Crippen molar-refractivity contribution in [2.24, 2.45) is 0 Å². The largest absolute Gasteiger partial charge is 0.506 e. The van der Waals surface area contributed by atoms with Crippen LogP contribution in [0.4, 0.5) is 13.2 Å². The molecule has 8 heteroatoms. The molecule has 0 spiro atoms. The highest BCUT2D eigenvalue weighted by Crippen LogP contribution is 2.34. The molecule has 28 heavy (non-hydrogen) atoms. The maximum atomic E-state index is 12.8. The van der Waals surface area contributed by atoms with E-state index in [2.05, 4.69) is 4.98 Å². The second-order valence-corrected chi connectivity index (χ2v) is 6.18. The van der Waals surface area contributed by atoms with E-state index in [9.17, 15) is 23.1 Å². The van der Waals surface area contributed by atoms with Gasteiger partial charge >= 0.3 is 12.1 Å². The Morgan fingerprint density at radius 3 is 2.43 bits per heavy atom. The molecule has 0 radical (unpaired) electrons. The van der Waals surface area contributed by atoms with E-state index in [4.69, 9.17) is 4.74 Å². The molecule has 1 N–H and O–H groups in total. The Morgan fingerprint density at radius 1 is 1.07 bits per heavy atom. The van der Waals surface area contributed by atoms with Crippen LogP contribution in [0.15, 0.2) is 54.7 Å². The number of carbonyl (C=O) groups excluding carboxylic acids is 1. The average Bonchev–Trinajstić information content (AvgIpc) is 3.07. The Balaban J connectivity index is 1.96. The first-order valence-electron chi connectivity index (χ1n) is 8.19. The Kier molecular flexibility index (Phi) is 3.99. The fourth-order valence-corrected chi connectivity index (χ4v) is 3.10. The molecule has 0 amide bonds. The minimum atomic E-state index is -4.44. The lowest BCUT2D eigenvalue weighted by Crippen LogP contribution is -2.04. The fraction of sp³-hybridized carbons (Fsp3) is 0.100. The van der Waals surface area contributed by atoms with Gasteiger partial charge in [-0.25, -0.2) is 9.78 Å². The van der Waals surface area contributed by atoms with Gasteiger partial charge in [0.05, 0.1) is 46.7 Å². The maximum absolute atomic E-state index is 12.8. The van der Waals surface area contributed by atoms with Crippen molar-refractivity contribution in [3.63, 3.8) is 0 Å². The number of aromatic hydroxyl groups is 1. The van der Waals surface area contributed by atoms with Crippen molar-refractivity contribution in [2.75, 3.05) is 7.11 Å². The number of nitrogens with zero attached hydrogens (tertiary/aromatic N) is 2. The molecular formula is C20H13F3N2O3. The highest BCUT2D eigenvalue weighted by atomic mass is 19.4. The monoisotopic (exact) mass is 386 g/mol. The zero-order valence-corrected chi connectivity index (χ0v) is 14.5. The number of ether oxygens (including phenoxy) is 1. The lowest BCUT2D eigenvalue weighted by molar-refractivity contribution is -0.137. The van der Waals surface area contributed by atoms with Gasteiger partial charge in [0.1, 0.15) is 5.75 Å². The number of carbonyl (C=O) groups is 1. The molecule has 0 bridgehead atoms. The normalized spacial score (nSPS) is 11.9. The summed E-state index contributed by atoms with van der Waals surface area (Å²) in [7, 11) is 1.26. The smallest absolute Gasteiger partial charge is 0.416 e. The zero-order valence-electron chi connectivity index (χ0n) is 14.5. The van der Waals surface area contributed by atoms with Gasteiger partial charge in [-0.3, -0.25) is 0 Å². The molecule has 4 rings (SSSR count). The summed E-state index contributed by atoms with van der Waals surface area (Å²) >= 11 is 0. The van der Waals surface area contributed by atoms with Crippen LogP contribution in [0.5, 0.6) is 5.75 Å². The van der Waals surface area contributed by atoms with Crippen LogP contribution >= 0.6 is 0 Å². The van der Waals surface area contributed by atoms with E-state index in [0.717, 1.165) is 12.1 Å². The molecule has 2 heterocycles. The summed E-state index contributed by atoms with van der Waals surface area (Å²) in [5.74, 6) is -0.547. The number of rotatable bonds is 2. The molecule has 2 aromatic carbocycles. The van der Waals surface area contributed by atoms with Crippen LogP contribution in [0.25, 0.3) is 27.8 Å². The highest BCUT2D eigenvalue weighted by molar-refractivity contribution is 5.95. The van der Waals surface area contributed by atoms with Crippen molar-refractivity contribution in [1.82, 2.24) is 9.38 Å². The van der Waals surface area contributed by atoms with Crippen LogP contribution in [0.1, 0.15) is 15.9 Å². The van der Waals surface area contributed by atoms with Gasteiger partial charge < -0.3 is 14.2 Å². The maximum Gasteiger partial charge on any atom is 0.416 e. The summed E-state index contributed by atoms with van der Waals surface area (Å²) in [6, 6.07) is 10.9. The zero-order chi connectivity index (χ0) is 20.1. The first-order valence-corrected chi connectivity index (χ1v) is 8.19. The number of halogens is 3. The van der Waals surface area contributed by atoms with E-state index in [1.165, 1.54) is 37.6 Å². The Hall–Kier alpha value is -3.55. The van der Waals surface area contributed by atoms with E-state index in [-0.39, 0.29) is 11.3 Å². The predicted molar refractivity (Wildman–Crippen MR) is 96.1 cm³/mol. The number of aromatic nitrogens is 2. The lowest BCUT2D eigenvalue weighted by Gasteiger charge is -2.11. The van der Waals surface area contributed by atoms with E-state index in [1.807, 2.05) is 0 Å². The summed E-state index contributed by atoms with van der Waals surface area (Å²) < 4.78 is 44.9. The van der Waals surface area contributed by atoms with E-state index in [1.54, 1.807) is 16.5 Å². The van der Waals surface area contributed by atoms with Crippen LogP contribution in [0.2, 0.25) is 0 Å². The van der Waals surface area contributed by atoms with Crippen molar-refractivity contribution in [3.8, 4) is 17.0 Å². The molecule has 2 aromatic heterocycles. The Labute approximate surface area is 156 Å². The van der Waals surface area contributed by atoms with Crippen molar-refractivity contribution in [3.05, 3.63) is 65.9 Å². The van der Waals surface area contributed by atoms with E-state index in [0.29, 0.717) is 27.8 Å². The lowest BCUT2D eigenvalue weighted by atomic mass is 10.1. The number of fused-ring (bicyclic) bond motifs is 3. The van der Waals surface area contributed by atoms with Gasteiger partial charge in [0.15, 0.2) is 0 Å². The van der Waals surface area contributed by atoms with Crippen molar-refractivity contribution < 1.29 is 27.8 Å². The Bertz CT molecular complexity index is 1210. The van der Waals surface area contributed by atoms with Crippen molar-refractivity contribution in [2.45, 2.75) is 6.18 Å². The summed E-state index contributed by atoms with van der Waals surface area (Å²) in [5, 5.41) is 9.95. The molecule has 0 saturated carbocycles. The standard InChI is InChI=1S/C20H13F3N2O3/c1-28-19(27)12-4-7-16-15(8-12)24-18(17-9-14(26)10-25(16)17)11-2-5-13(6-3-11)20(21,22)23/h2-10,26H,1H3. The summed E-state index contributed by atoms with van der Waals surface area (Å²) in [5.41, 5.74) is 1.93. The molecule has 0 fully saturated rings. The molecule has 0 unspecified atom stereocenters. The summed E-state index contributed by atoms with van der Waals surface area (Å²) in [4.78, 5) is 16.3. The van der Waals surface area contributed by atoms with Crippen molar-refractivity contribution >= 4 is 22.5 Å². The van der Waals surface area contributed by atoms with Gasteiger partial charge in [0.2, 0.25) is 0 Å². The molecule has 4 aromatic rings. The third kappa shape index (κ3) is 2.92. The van der Waals surface area contributed by atoms with Crippen LogP contribution in [-0.2, 0) is 10.9 Å². The topological polar surface area (TPSA) is 63.8 Å². The fourth-order valence-electron chi connectivity index (χ4n) is 3.10. The molecule has 5 nitrogen and oxygen atoms in total. The number of alkyl halides is 3. The minimum Gasteiger partial charge on any atom is -0.506 e. The molecule has 0 aliphatic carbocycles. The molecule has 0 aliphatic heterocycles. The highest BCUT2D eigenvalue weighted by Gasteiger charge is 2.30. The number of esters is 1. The average molecular weight is 386 g/mol. The quantitative estimate of drug-likeness (QED) is 0.509. The first-order chi connectivity index (χ1) is 13.3. The van der Waals surface area contributed by atoms with Crippen LogP contribution < -0.4 is 0 Å². The molecule has 0 aliphatic rings. The number of methoxy groups -OCH3 is 1. The van der Waals surface area contributed by atoms with Gasteiger partial charge in [-0.05, 0) is 30.3 Å². The van der Waals surface area contributed by atoms with Gasteiger partial charge in [0, 0.05) is 11.6 Å². The minimum absolute atomic E-state index is 0.0143. The van der Waals surface area contributed by atoms with Crippen LogP contribution in [-0.4, -0.2) is 27.6 Å². The summed E-state index contributed by atoms with van der Waals surface area (Å²) in [6.07, 6.45) is -2.96. The second-order valence-electron chi connectivity index (χ2n) is 6.18. The van der Waals surface area contributed by atoms with E-state index >= 15 is 0 Å². The Morgan fingerprint density at radius 2 is 1.79 bits per heavy atom. The van der Waals surface area contributed by atoms with Crippen LogP contribution in [0, 0.1) is 0 Å². The third-order valence-electron chi connectivity index (χ3n) is 4.42. The third-order valence-corrected chi connectivity index (χ3v) is 4.42. The predicted octanol–water partition coefficient (Wildman–Crippen LogP) is 4.67. The van der Waals surface area contributed by atoms with Gasteiger partial charge in [0.25, 0.3) is 0 Å².